The average Bonchev–Trinajstić information content (AvgIpc) is 3.09. The lowest BCUT2D eigenvalue weighted by Gasteiger charge is -2.73. The van der Waals surface area contributed by atoms with Crippen molar-refractivity contribution in [3.63, 3.8) is 0 Å². The lowest BCUT2D eigenvalue weighted by atomic mass is 9.32. The van der Waals surface area contributed by atoms with Crippen molar-refractivity contribution in [1.82, 2.24) is 0 Å². The van der Waals surface area contributed by atoms with Gasteiger partial charge in [-0.1, -0.05) is 46.8 Å². The van der Waals surface area contributed by atoms with Gasteiger partial charge in [0.25, 0.3) is 0 Å². The molecule has 2 nitrogen and oxygen atoms in total. The molecule has 11 unspecified atom stereocenters. The molecule has 5 rings (SSSR count). The highest BCUT2D eigenvalue weighted by molar-refractivity contribution is 5.21. The molecule has 182 valence electrons. The Balaban J connectivity index is 1.54. The summed E-state index contributed by atoms with van der Waals surface area (Å²) in [6, 6.07) is 0. The maximum absolute atomic E-state index is 10.9. The van der Waals surface area contributed by atoms with E-state index in [0.29, 0.717) is 28.1 Å². The van der Waals surface area contributed by atoms with Crippen LogP contribution in [0.4, 0.5) is 0 Å². The topological polar surface area (TPSA) is 40.5 Å². The van der Waals surface area contributed by atoms with Crippen LogP contribution in [0.15, 0.2) is 12.2 Å². The van der Waals surface area contributed by atoms with Crippen molar-refractivity contribution in [2.75, 3.05) is 6.61 Å². The van der Waals surface area contributed by atoms with Crippen LogP contribution in [0.25, 0.3) is 0 Å². The van der Waals surface area contributed by atoms with E-state index in [4.69, 9.17) is 0 Å². The molecule has 5 aliphatic rings. The van der Waals surface area contributed by atoms with Crippen molar-refractivity contribution in [1.29, 1.82) is 0 Å². The van der Waals surface area contributed by atoms with Crippen molar-refractivity contribution < 1.29 is 10.2 Å². The lowest BCUT2D eigenvalue weighted by Crippen LogP contribution is -2.67. The van der Waals surface area contributed by atoms with Gasteiger partial charge in [-0.25, -0.2) is 0 Å². The smallest absolute Gasteiger partial charge is 0.0618 e. The largest absolute Gasteiger partial charge is 0.396 e. The number of allylic oxidation sites excluding steroid dienone is 1. The summed E-state index contributed by atoms with van der Waals surface area (Å²) < 4.78 is 0. The highest BCUT2D eigenvalue weighted by Gasteiger charge is 2.70. The summed E-state index contributed by atoms with van der Waals surface area (Å²) in [6.45, 7) is 19.6. The molecule has 0 aromatic rings. The first-order valence-corrected chi connectivity index (χ1v) is 13.8. The Morgan fingerprint density at radius 3 is 2.19 bits per heavy atom. The van der Waals surface area contributed by atoms with Crippen LogP contribution < -0.4 is 0 Å². The van der Waals surface area contributed by atoms with Gasteiger partial charge >= 0.3 is 0 Å². The van der Waals surface area contributed by atoms with E-state index in [1.165, 1.54) is 56.9 Å². The molecule has 2 heteroatoms. The summed E-state index contributed by atoms with van der Waals surface area (Å²) in [5.41, 5.74) is 2.62. The molecule has 5 saturated carbocycles. The van der Waals surface area contributed by atoms with Gasteiger partial charge < -0.3 is 10.2 Å². The molecule has 0 radical (unpaired) electrons. The Labute approximate surface area is 197 Å². The summed E-state index contributed by atoms with van der Waals surface area (Å²) >= 11 is 0. The lowest BCUT2D eigenvalue weighted by molar-refractivity contribution is -0.253. The number of hydrogen-bond acceptors (Lipinski definition) is 2. The molecule has 32 heavy (non-hydrogen) atoms. The van der Waals surface area contributed by atoms with Crippen molar-refractivity contribution >= 4 is 0 Å². The zero-order chi connectivity index (χ0) is 23.3. The van der Waals surface area contributed by atoms with E-state index < -0.39 is 0 Å². The van der Waals surface area contributed by atoms with Gasteiger partial charge in [-0.2, -0.15) is 0 Å². The van der Waals surface area contributed by atoms with E-state index in [0.717, 1.165) is 30.6 Å². The molecule has 0 saturated heterocycles. The first-order chi connectivity index (χ1) is 14.9. The third kappa shape index (κ3) is 2.66. The number of aliphatic hydroxyl groups is 2. The van der Waals surface area contributed by atoms with Crippen LogP contribution in [-0.4, -0.2) is 22.9 Å². The third-order valence-electron chi connectivity index (χ3n) is 13.6. The fraction of sp³-hybridized carbons (Fsp3) is 0.933. The molecule has 0 aromatic heterocycles. The summed E-state index contributed by atoms with van der Waals surface area (Å²) in [7, 11) is 0. The van der Waals surface area contributed by atoms with Gasteiger partial charge in [-0.3, -0.25) is 0 Å². The van der Waals surface area contributed by atoms with Gasteiger partial charge in [-0.05, 0) is 122 Å². The normalized spacial score (nSPS) is 59.5. The van der Waals surface area contributed by atoms with Crippen molar-refractivity contribution in [3.05, 3.63) is 12.2 Å². The van der Waals surface area contributed by atoms with Crippen LogP contribution in [0.2, 0.25) is 0 Å². The van der Waals surface area contributed by atoms with Gasteiger partial charge in [0.1, 0.15) is 0 Å². The fourth-order valence-corrected chi connectivity index (χ4v) is 11.5. The summed E-state index contributed by atoms with van der Waals surface area (Å²) in [6.07, 6.45) is 12.3. The zero-order valence-corrected chi connectivity index (χ0v) is 21.8. The predicted octanol–water partition coefficient (Wildman–Crippen LogP) is 7.00. The van der Waals surface area contributed by atoms with Crippen LogP contribution in [0.5, 0.6) is 0 Å². The Morgan fingerprint density at radius 2 is 1.53 bits per heavy atom. The molecule has 5 aliphatic carbocycles. The van der Waals surface area contributed by atoms with Crippen LogP contribution in [0, 0.1) is 56.7 Å². The van der Waals surface area contributed by atoms with Crippen molar-refractivity contribution in [2.24, 2.45) is 56.7 Å². The second-order valence-corrected chi connectivity index (χ2v) is 14.6. The van der Waals surface area contributed by atoms with Gasteiger partial charge in [0.15, 0.2) is 0 Å². The summed E-state index contributed by atoms with van der Waals surface area (Å²) in [5, 5.41) is 21.3. The summed E-state index contributed by atoms with van der Waals surface area (Å²) in [5.74, 6) is 3.51. The molecule has 5 fully saturated rings. The quantitative estimate of drug-likeness (QED) is 0.452. The maximum atomic E-state index is 10.9. The monoisotopic (exact) mass is 442 g/mol. The zero-order valence-electron chi connectivity index (χ0n) is 21.8. The van der Waals surface area contributed by atoms with Crippen LogP contribution in [0.3, 0.4) is 0 Å². The predicted molar refractivity (Wildman–Crippen MR) is 132 cm³/mol. The van der Waals surface area contributed by atoms with E-state index in [9.17, 15) is 10.2 Å². The molecule has 0 amide bonds. The minimum atomic E-state index is -0.355. The minimum Gasteiger partial charge on any atom is -0.396 e. The number of rotatable bonds is 2. The van der Waals surface area contributed by atoms with Crippen molar-refractivity contribution in [3.8, 4) is 0 Å². The van der Waals surface area contributed by atoms with Crippen LogP contribution >= 0.6 is 0 Å². The summed E-state index contributed by atoms with van der Waals surface area (Å²) in [4.78, 5) is 0. The van der Waals surface area contributed by atoms with E-state index in [1.807, 2.05) is 0 Å². The third-order valence-corrected chi connectivity index (χ3v) is 13.6. The van der Waals surface area contributed by atoms with Crippen LogP contribution in [0.1, 0.15) is 106 Å². The molecule has 11 atom stereocenters. The first-order valence-electron chi connectivity index (χ1n) is 13.8. The number of aliphatic hydroxyl groups excluding tert-OH is 2. The Kier molecular flexibility index (Phi) is 5.19. The Hall–Kier alpha value is -0.340. The van der Waals surface area contributed by atoms with Crippen molar-refractivity contribution in [2.45, 2.75) is 112 Å². The number of fused-ring (bicyclic) bond motifs is 7. The first kappa shape index (κ1) is 23.4. The molecule has 0 aromatic carbocycles. The molecule has 0 spiro atoms. The van der Waals surface area contributed by atoms with E-state index in [1.54, 1.807) is 0 Å². The average molecular weight is 443 g/mol. The highest BCUT2D eigenvalue weighted by Crippen LogP contribution is 2.77. The minimum absolute atomic E-state index is 0.123. The van der Waals surface area contributed by atoms with E-state index in [2.05, 4.69) is 48.1 Å². The molecular formula is C30H50O2. The van der Waals surface area contributed by atoms with Crippen LogP contribution in [-0.2, 0) is 0 Å². The number of hydrogen-bond donors (Lipinski definition) is 2. The van der Waals surface area contributed by atoms with Gasteiger partial charge in [0.05, 0.1) is 12.7 Å². The molecular weight excluding hydrogens is 392 g/mol. The second kappa shape index (κ2) is 7.09. The molecule has 0 heterocycles. The Morgan fingerprint density at radius 1 is 0.812 bits per heavy atom. The van der Waals surface area contributed by atoms with Gasteiger partial charge in [0.2, 0.25) is 0 Å². The molecule has 2 N–H and O–H groups in total. The molecule has 0 aliphatic heterocycles. The molecule has 0 bridgehead atoms. The fourth-order valence-electron chi connectivity index (χ4n) is 11.5. The van der Waals surface area contributed by atoms with Gasteiger partial charge in [-0.15, -0.1) is 0 Å². The van der Waals surface area contributed by atoms with Gasteiger partial charge in [0, 0.05) is 5.41 Å². The van der Waals surface area contributed by atoms with E-state index >= 15 is 0 Å². The highest BCUT2D eigenvalue weighted by atomic mass is 16.3. The SMILES string of the molecule is C=C(C)C1CCC2(C)CCC3(C)C(CCC4C5(C)CCC(O)C(C)(CO)C5CCC43C)C12. The standard InChI is InChI=1S/C30H50O2/c1-19(2)20-10-13-26(3)16-17-29(6)21(25(20)26)8-9-23-27(4)14-12-24(32)28(5,18-31)22(27)11-15-30(23,29)7/h20-25,31-32H,1,8-18H2,2-7H3. The second-order valence-electron chi connectivity index (χ2n) is 14.6. The Bertz CT molecular complexity index is 790. The van der Waals surface area contributed by atoms with E-state index in [-0.39, 0.29) is 23.5 Å². The maximum Gasteiger partial charge on any atom is 0.0618 e.